The number of halogens is 3. The van der Waals surface area contributed by atoms with Crippen LogP contribution < -0.4 is 5.73 Å². The zero-order valence-electron chi connectivity index (χ0n) is 7.25. The van der Waals surface area contributed by atoms with Crippen LogP contribution in [0, 0.1) is 0 Å². The van der Waals surface area contributed by atoms with E-state index in [2.05, 4.69) is 15.9 Å². The smallest absolute Gasteiger partial charge is 0.264 e. The van der Waals surface area contributed by atoms with Crippen molar-refractivity contribution < 1.29 is 13.9 Å². The van der Waals surface area contributed by atoms with Gasteiger partial charge in [-0.2, -0.15) is 0 Å². The van der Waals surface area contributed by atoms with Crippen LogP contribution in [-0.4, -0.2) is 11.7 Å². The van der Waals surface area contributed by atoms with Gasteiger partial charge in [-0.15, -0.1) is 0 Å². The number of aliphatic hydroxyl groups excluding tert-OH is 1. The first-order chi connectivity index (χ1) is 6.56. The van der Waals surface area contributed by atoms with E-state index >= 15 is 0 Å². The Morgan fingerprint density at radius 3 is 2.50 bits per heavy atom. The number of hydrogen-bond acceptors (Lipinski definition) is 2. The van der Waals surface area contributed by atoms with E-state index < -0.39 is 12.5 Å². The Labute approximate surface area is 88.9 Å². The second-order valence-electron chi connectivity index (χ2n) is 2.86. The topological polar surface area (TPSA) is 46.2 Å². The summed E-state index contributed by atoms with van der Waals surface area (Å²) >= 11 is 3.16. The second-order valence-corrected chi connectivity index (χ2v) is 3.78. The van der Waals surface area contributed by atoms with Gasteiger partial charge in [-0.05, 0) is 17.7 Å². The molecule has 5 heteroatoms. The Kier molecular flexibility index (Phi) is 3.97. The number of alkyl halides is 2. The van der Waals surface area contributed by atoms with Gasteiger partial charge in [0, 0.05) is 10.0 Å². The van der Waals surface area contributed by atoms with E-state index in [4.69, 9.17) is 10.8 Å². The van der Waals surface area contributed by atoms with E-state index in [0.717, 1.165) is 0 Å². The van der Waals surface area contributed by atoms with Crippen LogP contribution in [0.15, 0.2) is 22.7 Å². The van der Waals surface area contributed by atoms with Crippen LogP contribution in [0.3, 0.4) is 0 Å². The molecule has 1 rings (SSSR count). The van der Waals surface area contributed by atoms with E-state index in [9.17, 15) is 8.78 Å². The van der Waals surface area contributed by atoms with Crippen molar-refractivity contribution in [2.45, 2.75) is 12.5 Å². The van der Waals surface area contributed by atoms with Gasteiger partial charge in [0.15, 0.2) is 0 Å². The van der Waals surface area contributed by atoms with Gasteiger partial charge < -0.3 is 10.8 Å². The molecule has 1 aromatic rings. The fourth-order valence-corrected chi connectivity index (χ4v) is 1.54. The highest BCUT2D eigenvalue weighted by Gasteiger charge is 2.17. The van der Waals surface area contributed by atoms with Crippen LogP contribution in [0.1, 0.15) is 23.6 Å². The summed E-state index contributed by atoms with van der Waals surface area (Å²) in [5.74, 6) is 0. The molecule has 0 amide bonds. The molecule has 0 bridgehead atoms. The largest absolute Gasteiger partial charge is 0.394 e. The first-order valence-corrected chi connectivity index (χ1v) is 4.79. The summed E-state index contributed by atoms with van der Waals surface area (Å²) in [6.45, 7) is -0.351. The van der Waals surface area contributed by atoms with Crippen molar-refractivity contribution in [2.24, 2.45) is 5.73 Å². The molecular formula is C9H10BrF2NO. The molecule has 0 aliphatic carbocycles. The van der Waals surface area contributed by atoms with Gasteiger partial charge in [0.2, 0.25) is 0 Å². The minimum absolute atomic E-state index is 0.130. The third kappa shape index (κ3) is 2.50. The number of nitrogens with two attached hydrogens (primary N) is 1. The third-order valence-corrected chi connectivity index (χ3v) is 2.37. The fourth-order valence-electron chi connectivity index (χ4n) is 1.16. The van der Waals surface area contributed by atoms with Crippen molar-refractivity contribution >= 4 is 15.9 Å². The minimum atomic E-state index is -2.57. The van der Waals surface area contributed by atoms with Crippen molar-refractivity contribution in [1.82, 2.24) is 0 Å². The van der Waals surface area contributed by atoms with Crippen LogP contribution in [0.5, 0.6) is 0 Å². The molecule has 14 heavy (non-hydrogen) atoms. The summed E-state index contributed by atoms with van der Waals surface area (Å²) in [5.41, 5.74) is 5.64. The number of benzene rings is 1. The van der Waals surface area contributed by atoms with Gasteiger partial charge in [0.1, 0.15) is 0 Å². The molecule has 1 atom stereocenters. The van der Waals surface area contributed by atoms with Crippen LogP contribution in [0.4, 0.5) is 8.78 Å². The molecule has 0 aromatic heterocycles. The molecule has 0 aliphatic heterocycles. The Balaban J connectivity index is 3.15. The molecule has 2 nitrogen and oxygen atoms in total. The van der Waals surface area contributed by atoms with E-state index in [1.54, 1.807) is 0 Å². The highest BCUT2D eigenvalue weighted by molar-refractivity contribution is 9.10. The highest BCUT2D eigenvalue weighted by Crippen LogP contribution is 2.28. The molecule has 78 valence electrons. The Morgan fingerprint density at radius 1 is 1.36 bits per heavy atom. The molecule has 0 fully saturated rings. The van der Waals surface area contributed by atoms with Gasteiger partial charge in [0.05, 0.1) is 12.6 Å². The normalized spacial score (nSPS) is 13.3. The van der Waals surface area contributed by atoms with Crippen molar-refractivity contribution in [3.8, 4) is 0 Å². The molecule has 1 unspecified atom stereocenters. The molecule has 0 saturated carbocycles. The molecule has 0 radical (unpaired) electrons. The van der Waals surface area contributed by atoms with E-state index in [1.807, 2.05) is 0 Å². The lowest BCUT2D eigenvalue weighted by Gasteiger charge is -2.14. The van der Waals surface area contributed by atoms with E-state index in [0.29, 0.717) is 4.47 Å². The molecule has 0 spiro atoms. The SMILES string of the molecule is NC(CO)c1cc(Br)ccc1C(F)F. The molecule has 0 saturated heterocycles. The molecule has 3 N–H and O–H groups in total. The zero-order valence-corrected chi connectivity index (χ0v) is 8.84. The number of rotatable bonds is 3. The lowest BCUT2D eigenvalue weighted by molar-refractivity contribution is 0.148. The van der Waals surface area contributed by atoms with Crippen molar-refractivity contribution in [2.75, 3.05) is 6.61 Å². The summed E-state index contributed by atoms with van der Waals surface area (Å²) in [5, 5.41) is 8.80. The first kappa shape index (κ1) is 11.6. The maximum Gasteiger partial charge on any atom is 0.264 e. The minimum Gasteiger partial charge on any atom is -0.394 e. The summed E-state index contributed by atoms with van der Waals surface area (Å²) in [6, 6.07) is 3.56. The summed E-state index contributed by atoms with van der Waals surface area (Å²) in [7, 11) is 0. The summed E-state index contributed by atoms with van der Waals surface area (Å²) in [6.07, 6.45) is -2.57. The molecule has 0 heterocycles. The predicted octanol–water partition coefficient (Wildman–Crippen LogP) is 2.38. The average Bonchev–Trinajstić information content (AvgIpc) is 2.16. The van der Waals surface area contributed by atoms with Crippen molar-refractivity contribution in [3.05, 3.63) is 33.8 Å². The maximum absolute atomic E-state index is 12.5. The van der Waals surface area contributed by atoms with Crippen molar-refractivity contribution in [1.29, 1.82) is 0 Å². The lowest BCUT2D eigenvalue weighted by atomic mass is 10.0. The van der Waals surface area contributed by atoms with Crippen LogP contribution in [-0.2, 0) is 0 Å². The van der Waals surface area contributed by atoms with Gasteiger partial charge in [-0.1, -0.05) is 22.0 Å². The van der Waals surface area contributed by atoms with Crippen LogP contribution in [0.25, 0.3) is 0 Å². The van der Waals surface area contributed by atoms with E-state index in [-0.39, 0.29) is 17.7 Å². The Bertz CT molecular complexity index is 320. The zero-order chi connectivity index (χ0) is 10.7. The van der Waals surface area contributed by atoms with Gasteiger partial charge in [-0.25, -0.2) is 8.78 Å². The summed E-state index contributed by atoms with van der Waals surface area (Å²) < 4.78 is 25.7. The van der Waals surface area contributed by atoms with Crippen molar-refractivity contribution in [3.63, 3.8) is 0 Å². The van der Waals surface area contributed by atoms with Gasteiger partial charge >= 0.3 is 0 Å². The number of aliphatic hydroxyl groups is 1. The van der Waals surface area contributed by atoms with Gasteiger partial charge in [0.25, 0.3) is 6.43 Å². The second kappa shape index (κ2) is 4.82. The Morgan fingerprint density at radius 2 is 2.00 bits per heavy atom. The van der Waals surface area contributed by atoms with Gasteiger partial charge in [-0.3, -0.25) is 0 Å². The standard InChI is InChI=1S/C9H10BrF2NO/c10-5-1-2-6(9(11)12)7(3-5)8(13)4-14/h1-3,8-9,14H,4,13H2. The molecule has 0 aliphatic rings. The molecule has 1 aromatic carbocycles. The third-order valence-electron chi connectivity index (χ3n) is 1.88. The quantitative estimate of drug-likeness (QED) is 0.882. The molecular weight excluding hydrogens is 256 g/mol. The van der Waals surface area contributed by atoms with E-state index in [1.165, 1.54) is 18.2 Å². The first-order valence-electron chi connectivity index (χ1n) is 4.00. The average molecular weight is 266 g/mol. The maximum atomic E-state index is 12.5. The fraction of sp³-hybridized carbons (Fsp3) is 0.333. The predicted molar refractivity (Wildman–Crippen MR) is 53.1 cm³/mol. The highest BCUT2D eigenvalue weighted by atomic mass is 79.9. The lowest BCUT2D eigenvalue weighted by Crippen LogP contribution is -2.16. The summed E-state index contributed by atoms with van der Waals surface area (Å²) in [4.78, 5) is 0. The van der Waals surface area contributed by atoms with Crippen LogP contribution >= 0.6 is 15.9 Å². The number of hydrogen-bond donors (Lipinski definition) is 2. The Hall–Kier alpha value is -0.520. The van der Waals surface area contributed by atoms with Crippen LogP contribution in [0.2, 0.25) is 0 Å². The monoisotopic (exact) mass is 265 g/mol.